The van der Waals surface area contributed by atoms with E-state index in [0.29, 0.717) is 12.4 Å². The van der Waals surface area contributed by atoms with Crippen LogP contribution in [-0.4, -0.2) is 30.4 Å². The second kappa shape index (κ2) is 6.32. The van der Waals surface area contributed by atoms with Gasteiger partial charge in [0.2, 0.25) is 5.95 Å². The average molecular weight is 356 g/mol. The molecule has 0 aliphatic carbocycles. The Morgan fingerprint density at radius 3 is 2.30 bits per heavy atom. The number of nitrogens with zero attached hydrogens (tertiary/aromatic N) is 2. The molecule has 0 fully saturated rings. The maximum absolute atomic E-state index is 11.1. The number of nitrogens with one attached hydrogen (secondary N) is 1. The van der Waals surface area contributed by atoms with Crippen molar-refractivity contribution in [2.24, 2.45) is 0 Å². The van der Waals surface area contributed by atoms with Gasteiger partial charge < -0.3 is 5.32 Å². The number of benzene rings is 1. The van der Waals surface area contributed by atoms with Crippen LogP contribution < -0.4 is 5.32 Å². The third-order valence-electron chi connectivity index (χ3n) is 2.59. The van der Waals surface area contributed by atoms with E-state index in [2.05, 4.69) is 31.2 Å². The Bertz CT molecular complexity index is 670. The molecule has 0 amide bonds. The van der Waals surface area contributed by atoms with Crippen LogP contribution in [0.15, 0.2) is 41.1 Å². The lowest BCUT2D eigenvalue weighted by molar-refractivity contribution is 0.601. The summed E-state index contributed by atoms with van der Waals surface area (Å²) in [4.78, 5) is 8.23. The van der Waals surface area contributed by atoms with Crippen molar-refractivity contribution in [3.05, 3.63) is 46.7 Å². The standard InChI is InChI=1S/C13H14BrN3O2S/c1-20(18,19)7-6-10-2-4-12(5-3-10)17-13-15-8-11(14)9-16-13/h2-5,8-9H,6-7H2,1H3,(H,15,16,17). The summed E-state index contributed by atoms with van der Waals surface area (Å²) in [6, 6.07) is 7.55. The zero-order valence-corrected chi connectivity index (χ0v) is 13.3. The second-order valence-electron chi connectivity index (χ2n) is 4.43. The first-order chi connectivity index (χ1) is 9.42. The van der Waals surface area contributed by atoms with Gasteiger partial charge in [-0.3, -0.25) is 0 Å². The predicted octanol–water partition coefficient (Wildman–Crippen LogP) is 2.57. The van der Waals surface area contributed by atoms with Crippen molar-refractivity contribution in [2.45, 2.75) is 6.42 Å². The van der Waals surface area contributed by atoms with E-state index in [1.807, 2.05) is 24.3 Å². The lowest BCUT2D eigenvalue weighted by Gasteiger charge is -2.06. The highest BCUT2D eigenvalue weighted by Gasteiger charge is 2.03. The van der Waals surface area contributed by atoms with Crippen LogP contribution in [0.1, 0.15) is 5.56 Å². The highest BCUT2D eigenvalue weighted by Crippen LogP contribution is 2.15. The number of hydrogen-bond donors (Lipinski definition) is 1. The molecule has 106 valence electrons. The van der Waals surface area contributed by atoms with Crippen molar-refractivity contribution in [3.63, 3.8) is 0 Å². The molecule has 2 rings (SSSR count). The maximum atomic E-state index is 11.1. The fraction of sp³-hybridized carbons (Fsp3) is 0.231. The molecule has 0 aliphatic rings. The molecule has 0 spiro atoms. The minimum absolute atomic E-state index is 0.162. The predicted molar refractivity (Wildman–Crippen MR) is 82.9 cm³/mol. The van der Waals surface area contributed by atoms with Crippen LogP contribution in [-0.2, 0) is 16.3 Å². The Kier molecular flexibility index (Phi) is 4.72. The molecule has 0 aliphatic heterocycles. The molecule has 1 aromatic carbocycles. The highest BCUT2D eigenvalue weighted by atomic mass is 79.9. The van der Waals surface area contributed by atoms with Crippen LogP contribution >= 0.6 is 15.9 Å². The topological polar surface area (TPSA) is 72.0 Å². The number of halogens is 1. The first-order valence-electron chi connectivity index (χ1n) is 5.94. The van der Waals surface area contributed by atoms with E-state index >= 15 is 0 Å². The molecule has 5 nitrogen and oxygen atoms in total. The minimum atomic E-state index is -2.93. The van der Waals surface area contributed by atoms with E-state index in [4.69, 9.17) is 0 Å². The molecule has 1 heterocycles. The molecule has 0 saturated heterocycles. The van der Waals surface area contributed by atoms with Gasteiger partial charge >= 0.3 is 0 Å². The van der Waals surface area contributed by atoms with E-state index in [1.165, 1.54) is 6.26 Å². The Labute approximate surface area is 126 Å². The summed E-state index contributed by atoms with van der Waals surface area (Å²) >= 11 is 3.27. The van der Waals surface area contributed by atoms with Crippen molar-refractivity contribution in [2.75, 3.05) is 17.3 Å². The van der Waals surface area contributed by atoms with Gasteiger partial charge in [0.25, 0.3) is 0 Å². The first kappa shape index (κ1) is 14.9. The van der Waals surface area contributed by atoms with E-state index in [9.17, 15) is 8.42 Å². The summed E-state index contributed by atoms with van der Waals surface area (Å²) in [7, 11) is -2.93. The Morgan fingerprint density at radius 1 is 1.15 bits per heavy atom. The molecular weight excluding hydrogens is 342 g/mol. The Morgan fingerprint density at radius 2 is 1.75 bits per heavy atom. The second-order valence-corrected chi connectivity index (χ2v) is 7.60. The van der Waals surface area contributed by atoms with Gasteiger partial charge in [0.05, 0.1) is 10.2 Å². The molecule has 0 unspecified atom stereocenters. The largest absolute Gasteiger partial charge is 0.324 e. The summed E-state index contributed by atoms with van der Waals surface area (Å²) in [5.74, 6) is 0.673. The van der Waals surface area contributed by atoms with Gasteiger partial charge in [-0.2, -0.15) is 0 Å². The van der Waals surface area contributed by atoms with Gasteiger partial charge in [0.1, 0.15) is 9.84 Å². The van der Waals surface area contributed by atoms with Gasteiger partial charge in [0, 0.05) is 24.3 Å². The molecule has 7 heteroatoms. The summed E-state index contributed by atoms with van der Waals surface area (Å²) in [6.45, 7) is 0. The highest BCUT2D eigenvalue weighted by molar-refractivity contribution is 9.10. The zero-order valence-electron chi connectivity index (χ0n) is 10.9. The van der Waals surface area contributed by atoms with E-state index in [-0.39, 0.29) is 5.75 Å². The minimum Gasteiger partial charge on any atom is -0.324 e. The van der Waals surface area contributed by atoms with Crippen molar-refractivity contribution >= 4 is 37.4 Å². The third-order valence-corrected chi connectivity index (χ3v) is 3.95. The average Bonchev–Trinajstić information content (AvgIpc) is 2.40. The number of anilines is 2. The number of hydrogen-bond acceptors (Lipinski definition) is 5. The van der Waals surface area contributed by atoms with Crippen LogP contribution in [0.4, 0.5) is 11.6 Å². The van der Waals surface area contributed by atoms with Gasteiger partial charge in [-0.05, 0) is 40.0 Å². The summed E-state index contributed by atoms with van der Waals surface area (Å²) in [6.07, 6.45) is 5.09. The third kappa shape index (κ3) is 4.90. The monoisotopic (exact) mass is 355 g/mol. The number of sulfone groups is 1. The van der Waals surface area contributed by atoms with Crippen molar-refractivity contribution in [1.82, 2.24) is 9.97 Å². The number of aromatic nitrogens is 2. The van der Waals surface area contributed by atoms with E-state index in [1.54, 1.807) is 12.4 Å². The number of aryl methyl sites for hydroxylation is 1. The molecule has 0 bridgehead atoms. The Hall–Kier alpha value is -1.47. The molecule has 1 N–H and O–H groups in total. The van der Waals surface area contributed by atoms with Crippen LogP contribution in [0.5, 0.6) is 0 Å². The van der Waals surface area contributed by atoms with Crippen molar-refractivity contribution in [1.29, 1.82) is 0 Å². The van der Waals surface area contributed by atoms with E-state index < -0.39 is 9.84 Å². The van der Waals surface area contributed by atoms with E-state index in [0.717, 1.165) is 15.7 Å². The normalized spacial score (nSPS) is 11.3. The van der Waals surface area contributed by atoms with Crippen LogP contribution in [0.25, 0.3) is 0 Å². The first-order valence-corrected chi connectivity index (χ1v) is 8.79. The summed E-state index contributed by atoms with van der Waals surface area (Å²) in [5.41, 5.74) is 1.84. The van der Waals surface area contributed by atoms with Gasteiger partial charge in [-0.25, -0.2) is 18.4 Å². The quantitative estimate of drug-likeness (QED) is 0.892. The molecule has 20 heavy (non-hydrogen) atoms. The van der Waals surface area contributed by atoms with Crippen LogP contribution in [0.2, 0.25) is 0 Å². The fourth-order valence-electron chi connectivity index (χ4n) is 1.56. The molecule has 1 aromatic heterocycles. The van der Waals surface area contributed by atoms with Crippen LogP contribution in [0.3, 0.4) is 0 Å². The van der Waals surface area contributed by atoms with Gasteiger partial charge in [0.15, 0.2) is 0 Å². The molecule has 0 atom stereocenters. The van der Waals surface area contributed by atoms with Gasteiger partial charge in [-0.1, -0.05) is 12.1 Å². The van der Waals surface area contributed by atoms with Crippen molar-refractivity contribution < 1.29 is 8.42 Å². The van der Waals surface area contributed by atoms with Crippen molar-refractivity contribution in [3.8, 4) is 0 Å². The fourth-order valence-corrected chi connectivity index (χ4v) is 2.38. The number of rotatable bonds is 5. The summed E-state index contributed by atoms with van der Waals surface area (Å²) in [5, 5.41) is 3.07. The molecular formula is C13H14BrN3O2S. The zero-order chi connectivity index (χ0) is 14.6. The lowest BCUT2D eigenvalue weighted by Crippen LogP contribution is -2.05. The smallest absolute Gasteiger partial charge is 0.227 e. The van der Waals surface area contributed by atoms with Gasteiger partial charge in [-0.15, -0.1) is 0 Å². The van der Waals surface area contributed by atoms with Crippen LogP contribution in [0, 0.1) is 0 Å². The summed E-state index contributed by atoms with van der Waals surface area (Å²) < 4.78 is 23.0. The Balaban J connectivity index is 1.99. The molecule has 2 aromatic rings. The maximum Gasteiger partial charge on any atom is 0.227 e. The SMILES string of the molecule is CS(=O)(=O)CCc1ccc(Nc2ncc(Br)cn2)cc1. The lowest BCUT2D eigenvalue weighted by atomic mass is 10.1. The molecule has 0 radical (unpaired) electrons. The molecule has 0 saturated carbocycles.